The third-order valence-electron chi connectivity index (χ3n) is 5.72. The zero-order valence-corrected chi connectivity index (χ0v) is 19.8. The van der Waals surface area contributed by atoms with Gasteiger partial charge in [-0.05, 0) is 64.1 Å². The van der Waals surface area contributed by atoms with Crippen LogP contribution in [0.15, 0.2) is 36.4 Å². The third kappa shape index (κ3) is 3.72. The number of carbonyl (C=O) groups excluding carboxylic acids is 3. The number of thiophene rings is 1. The van der Waals surface area contributed by atoms with Crippen LogP contribution < -0.4 is 5.73 Å². The summed E-state index contributed by atoms with van der Waals surface area (Å²) in [6.45, 7) is 7.04. The first kappa shape index (κ1) is 22.4. The number of nitrogen functional groups attached to an aromatic ring is 1. The molecule has 0 saturated carbocycles. The second-order valence-electron chi connectivity index (χ2n) is 7.86. The van der Waals surface area contributed by atoms with E-state index in [0.717, 1.165) is 17.1 Å². The van der Waals surface area contributed by atoms with Gasteiger partial charge in [-0.15, -0.1) is 11.3 Å². The first-order chi connectivity index (χ1) is 15.6. The minimum atomic E-state index is -0.407. The van der Waals surface area contributed by atoms with E-state index in [1.54, 1.807) is 25.1 Å². The molecule has 0 aliphatic rings. The average molecular weight is 462 g/mol. The average Bonchev–Trinajstić information content (AvgIpc) is 3.27. The van der Waals surface area contributed by atoms with Gasteiger partial charge in [0, 0.05) is 39.3 Å². The maximum atomic E-state index is 13.5. The number of hydrogen-bond acceptors (Lipinski definition) is 7. The molecule has 4 aromatic rings. The molecule has 1 aromatic carbocycles. The van der Waals surface area contributed by atoms with Gasteiger partial charge in [0.25, 0.3) is 0 Å². The van der Waals surface area contributed by atoms with E-state index < -0.39 is 5.97 Å². The van der Waals surface area contributed by atoms with Crippen molar-refractivity contribution in [3.8, 4) is 5.69 Å². The molecule has 0 bridgehead atoms. The van der Waals surface area contributed by atoms with Crippen molar-refractivity contribution in [2.45, 2.75) is 27.7 Å². The van der Waals surface area contributed by atoms with Crippen LogP contribution in [0.25, 0.3) is 15.9 Å². The van der Waals surface area contributed by atoms with Gasteiger partial charge < -0.3 is 15.0 Å². The Labute approximate surface area is 194 Å². The molecule has 0 saturated heterocycles. The topological polar surface area (TPSA) is 104 Å². The number of nitrogens with zero attached hydrogens (tertiary/aromatic N) is 2. The van der Waals surface area contributed by atoms with Crippen molar-refractivity contribution in [1.29, 1.82) is 0 Å². The summed E-state index contributed by atoms with van der Waals surface area (Å²) in [5.41, 5.74) is 11.2. The summed E-state index contributed by atoms with van der Waals surface area (Å²) in [5.74, 6) is -0.694. The maximum Gasteiger partial charge on any atom is 0.337 e. The quantitative estimate of drug-likeness (QED) is 0.338. The molecule has 0 atom stereocenters. The summed E-state index contributed by atoms with van der Waals surface area (Å²) in [4.78, 5) is 42.7. The monoisotopic (exact) mass is 461 g/mol. The van der Waals surface area contributed by atoms with Crippen molar-refractivity contribution in [2.75, 3.05) is 12.8 Å². The molecule has 168 valence electrons. The smallest absolute Gasteiger partial charge is 0.337 e. The van der Waals surface area contributed by atoms with Gasteiger partial charge in [0.1, 0.15) is 9.71 Å². The Morgan fingerprint density at radius 1 is 1.03 bits per heavy atom. The first-order valence-electron chi connectivity index (χ1n) is 10.3. The highest BCUT2D eigenvalue weighted by atomic mass is 32.1. The molecule has 0 amide bonds. The number of anilines is 1. The highest BCUT2D eigenvalue weighted by molar-refractivity contribution is 7.21. The third-order valence-corrected chi connectivity index (χ3v) is 6.83. The molecule has 0 spiro atoms. The van der Waals surface area contributed by atoms with Gasteiger partial charge >= 0.3 is 5.97 Å². The number of methoxy groups -OCH3 is 1. The number of carbonyl (C=O) groups is 3. The number of hydrogen-bond donors (Lipinski definition) is 1. The van der Waals surface area contributed by atoms with E-state index in [1.165, 1.54) is 25.4 Å². The van der Waals surface area contributed by atoms with Crippen molar-refractivity contribution < 1.29 is 19.1 Å². The maximum absolute atomic E-state index is 13.5. The normalized spacial score (nSPS) is 11.1. The molecule has 2 N–H and O–H groups in total. The second-order valence-corrected chi connectivity index (χ2v) is 8.86. The van der Waals surface area contributed by atoms with E-state index in [4.69, 9.17) is 10.5 Å². The Balaban J connectivity index is 1.77. The molecular formula is C25H23N3O4S. The fourth-order valence-electron chi connectivity index (χ4n) is 4.03. The lowest BCUT2D eigenvalue weighted by Crippen LogP contribution is -2.06. The number of pyridine rings is 1. The van der Waals surface area contributed by atoms with Crippen LogP contribution in [0.4, 0.5) is 5.69 Å². The lowest BCUT2D eigenvalue weighted by Gasteiger charge is -2.10. The molecule has 0 unspecified atom stereocenters. The molecule has 33 heavy (non-hydrogen) atoms. The minimum absolute atomic E-state index is 0.0952. The number of aryl methyl sites for hydroxylation is 2. The van der Waals surface area contributed by atoms with Crippen LogP contribution in [0.5, 0.6) is 0 Å². The molecule has 0 radical (unpaired) electrons. The highest BCUT2D eigenvalue weighted by Gasteiger charge is 2.24. The Kier molecular flexibility index (Phi) is 5.63. The largest absolute Gasteiger partial charge is 0.465 e. The van der Waals surface area contributed by atoms with Crippen LogP contribution in [0.2, 0.25) is 0 Å². The molecule has 0 aliphatic heterocycles. The second kappa shape index (κ2) is 8.29. The van der Waals surface area contributed by atoms with Crippen LogP contribution in [0.1, 0.15) is 60.0 Å². The first-order valence-corrected chi connectivity index (χ1v) is 11.1. The highest BCUT2D eigenvalue weighted by Crippen LogP contribution is 2.36. The Morgan fingerprint density at radius 2 is 1.70 bits per heavy atom. The van der Waals surface area contributed by atoms with Gasteiger partial charge in [0.2, 0.25) is 5.78 Å². The molecule has 4 rings (SSSR count). The molecule has 3 aromatic heterocycles. The van der Waals surface area contributed by atoms with Gasteiger partial charge in [0.15, 0.2) is 5.78 Å². The zero-order chi connectivity index (χ0) is 24.0. The number of ketones is 2. The van der Waals surface area contributed by atoms with Crippen molar-refractivity contribution in [2.24, 2.45) is 0 Å². The van der Waals surface area contributed by atoms with Crippen molar-refractivity contribution >= 4 is 44.8 Å². The number of aromatic nitrogens is 2. The van der Waals surface area contributed by atoms with E-state index in [0.29, 0.717) is 43.2 Å². The molecule has 7 nitrogen and oxygen atoms in total. The summed E-state index contributed by atoms with van der Waals surface area (Å²) in [6.07, 6.45) is 0. The van der Waals surface area contributed by atoms with Crippen molar-refractivity contribution in [3.63, 3.8) is 0 Å². The van der Waals surface area contributed by atoms with E-state index in [9.17, 15) is 14.4 Å². The molecule has 8 heteroatoms. The summed E-state index contributed by atoms with van der Waals surface area (Å²) in [6, 6.07) is 10.5. The van der Waals surface area contributed by atoms with E-state index in [-0.39, 0.29) is 11.6 Å². The van der Waals surface area contributed by atoms with Crippen LogP contribution >= 0.6 is 11.3 Å². The minimum Gasteiger partial charge on any atom is -0.465 e. The lowest BCUT2D eigenvalue weighted by molar-refractivity contribution is 0.0600. The molecule has 3 heterocycles. The molecule has 0 fully saturated rings. The number of esters is 1. The Hall–Kier alpha value is -3.78. The van der Waals surface area contributed by atoms with E-state index >= 15 is 0 Å². The number of nitrogens with two attached hydrogens (primary N) is 1. The zero-order valence-electron chi connectivity index (χ0n) is 19.0. The predicted octanol–water partition coefficient (Wildman–Crippen LogP) is 4.81. The standard InChI is InChI=1S/C25H23N3O4S/c1-12-10-19(14(3)28(12)17-8-6-16(7-9-17)25(31)32-5)22(30)23-21(26)20-11-18(15(4)29)13(2)27-24(20)33-23/h6-11H,26H2,1-5H3. The van der Waals surface area contributed by atoms with Gasteiger partial charge in [-0.25, -0.2) is 9.78 Å². The SMILES string of the molecule is COC(=O)c1ccc(-n2c(C)cc(C(=O)c3sc4nc(C)c(C(C)=O)cc4c3N)c2C)cc1. The van der Waals surface area contributed by atoms with Gasteiger partial charge in [-0.2, -0.15) is 0 Å². The molecule has 0 aliphatic carbocycles. The fraction of sp³-hybridized carbons (Fsp3) is 0.200. The number of Topliss-reactive ketones (excluding diaryl/α,β-unsaturated/α-hetero) is 1. The fourth-order valence-corrected chi connectivity index (χ4v) is 5.11. The summed E-state index contributed by atoms with van der Waals surface area (Å²) in [5, 5.41) is 0.617. The number of ether oxygens (including phenoxy) is 1. The Morgan fingerprint density at radius 3 is 2.30 bits per heavy atom. The Bertz CT molecular complexity index is 1450. The van der Waals surface area contributed by atoms with Crippen LogP contribution in [-0.4, -0.2) is 34.2 Å². The van der Waals surface area contributed by atoms with Gasteiger partial charge in [-0.3, -0.25) is 9.59 Å². The summed E-state index contributed by atoms with van der Waals surface area (Å²) >= 11 is 1.23. The summed E-state index contributed by atoms with van der Waals surface area (Å²) < 4.78 is 6.71. The van der Waals surface area contributed by atoms with Gasteiger partial charge in [0.05, 0.1) is 18.4 Å². The van der Waals surface area contributed by atoms with Crippen molar-refractivity contribution in [1.82, 2.24) is 9.55 Å². The number of benzene rings is 1. The van der Waals surface area contributed by atoms with E-state index in [1.807, 2.05) is 36.6 Å². The summed E-state index contributed by atoms with van der Waals surface area (Å²) in [7, 11) is 1.34. The number of fused-ring (bicyclic) bond motifs is 1. The van der Waals surface area contributed by atoms with Crippen LogP contribution in [-0.2, 0) is 4.74 Å². The molecular weight excluding hydrogens is 438 g/mol. The number of rotatable bonds is 5. The van der Waals surface area contributed by atoms with E-state index in [2.05, 4.69) is 4.98 Å². The lowest BCUT2D eigenvalue weighted by atomic mass is 10.1. The van der Waals surface area contributed by atoms with Crippen molar-refractivity contribution in [3.05, 3.63) is 75.0 Å². The van der Waals surface area contributed by atoms with Crippen LogP contribution in [0, 0.1) is 20.8 Å². The van der Waals surface area contributed by atoms with Crippen LogP contribution in [0.3, 0.4) is 0 Å². The predicted molar refractivity (Wildman–Crippen MR) is 129 cm³/mol. The van der Waals surface area contributed by atoms with Gasteiger partial charge in [-0.1, -0.05) is 0 Å².